The number of rotatable bonds is 3. The van der Waals surface area contributed by atoms with Gasteiger partial charge in [-0.05, 0) is 18.2 Å². The maximum absolute atomic E-state index is 11.1. The van der Waals surface area contributed by atoms with Gasteiger partial charge >= 0.3 is 6.03 Å². The molecule has 5 nitrogen and oxygen atoms in total. The van der Waals surface area contributed by atoms with Gasteiger partial charge in [0.15, 0.2) is 0 Å². The molecule has 1 aliphatic heterocycles. The highest BCUT2D eigenvalue weighted by molar-refractivity contribution is 5.89. The van der Waals surface area contributed by atoms with E-state index in [1.807, 2.05) is 12.1 Å². The molecular weight excluding hydrogens is 312 g/mol. The molecule has 3 rings (SSSR count). The monoisotopic (exact) mass is 336 g/mol. The molecule has 2 amide bonds. The van der Waals surface area contributed by atoms with Gasteiger partial charge in [-0.1, -0.05) is 67.6 Å². The Hall–Kier alpha value is -2.66. The first kappa shape index (κ1) is 17.2. The van der Waals surface area contributed by atoms with Crippen LogP contribution in [0.15, 0.2) is 65.8 Å². The Morgan fingerprint density at radius 1 is 1.08 bits per heavy atom. The summed E-state index contributed by atoms with van der Waals surface area (Å²) in [4.78, 5) is 13.5. The van der Waals surface area contributed by atoms with Crippen LogP contribution in [0.3, 0.4) is 0 Å². The number of urea groups is 1. The van der Waals surface area contributed by atoms with Crippen molar-refractivity contribution in [3.05, 3.63) is 71.8 Å². The maximum Gasteiger partial charge on any atom is 0.332 e. The standard InChI is InChI=1S/C20H24N4O/c1-14-17(22-23-20(21)25)13-18(15-9-5-3-6-10-15)24(2)19(14)16-11-7-4-8-12-16/h3-12,14,18-19H,13H2,1-2H3,(H3,21,23,25)/b22-17+. The number of nitrogens with one attached hydrogen (secondary N) is 1. The summed E-state index contributed by atoms with van der Waals surface area (Å²) in [6, 6.07) is 20.6. The topological polar surface area (TPSA) is 70.7 Å². The number of carbonyl (C=O) groups excluding carboxylic acids is 1. The van der Waals surface area contributed by atoms with Crippen molar-refractivity contribution in [2.24, 2.45) is 16.8 Å². The lowest BCUT2D eigenvalue weighted by Crippen LogP contribution is -2.43. The van der Waals surface area contributed by atoms with Gasteiger partial charge < -0.3 is 5.73 Å². The Kier molecular flexibility index (Phi) is 5.14. The zero-order valence-electron chi connectivity index (χ0n) is 14.6. The molecule has 5 heteroatoms. The number of piperidine rings is 1. The molecule has 0 aromatic heterocycles. The Balaban J connectivity index is 2.00. The zero-order chi connectivity index (χ0) is 17.8. The van der Waals surface area contributed by atoms with Crippen LogP contribution in [0.5, 0.6) is 0 Å². The van der Waals surface area contributed by atoms with E-state index in [2.05, 4.69) is 77.9 Å². The van der Waals surface area contributed by atoms with Gasteiger partial charge in [0, 0.05) is 30.1 Å². The van der Waals surface area contributed by atoms with E-state index in [4.69, 9.17) is 5.73 Å². The first-order chi connectivity index (χ1) is 12.1. The molecular formula is C20H24N4O. The van der Waals surface area contributed by atoms with Crippen LogP contribution in [0.25, 0.3) is 0 Å². The average molecular weight is 336 g/mol. The second kappa shape index (κ2) is 7.49. The second-order valence-electron chi connectivity index (χ2n) is 6.52. The van der Waals surface area contributed by atoms with Gasteiger partial charge in [-0.2, -0.15) is 5.10 Å². The van der Waals surface area contributed by atoms with Crippen LogP contribution in [0.1, 0.15) is 36.6 Å². The fourth-order valence-electron chi connectivity index (χ4n) is 3.73. The van der Waals surface area contributed by atoms with Gasteiger partial charge in [-0.3, -0.25) is 4.90 Å². The zero-order valence-corrected chi connectivity index (χ0v) is 14.6. The summed E-state index contributed by atoms with van der Waals surface area (Å²) in [5.74, 6) is 0.166. The Morgan fingerprint density at radius 2 is 1.64 bits per heavy atom. The SMILES string of the molecule is CC1/C(=N/NC(N)=O)CC(c2ccccc2)N(C)C1c1ccccc1. The van der Waals surface area contributed by atoms with Gasteiger partial charge in [0.2, 0.25) is 0 Å². The minimum atomic E-state index is -0.633. The quantitative estimate of drug-likeness (QED) is 0.843. The highest BCUT2D eigenvalue weighted by Gasteiger charge is 2.38. The largest absolute Gasteiger partial charge is 0.350 e. The summed E-state index contributed by atoms with van der Waals surface area (Å²) in [7, 11) is 2.16. The van der Waals surface area contributed by atoms with Crippen molar-refractivity contribution >= 4 is 11.7 Å². The number of hydrogen-bond acceptors (Lipinski definition) is 3. The number of carbonyl (C=O) groups is 1. The molecule has 0 aliphatic carbocycles. The molecule has 2 aromatic rings. The van der Waals surface area contributed by atoms with Crippen LogP contribution < -0.4 is 11.2 Å². The van der Waals surface area contributed by atoms with Crippen molar-refractivity contribution in [2.45, 2.75) is 25.4 Å². The Morgan fingerprint density at radius 3 is 2.20 bits per heavy atom. The van der Waals surface area contributed by atoms with Crippen molar-refractivity contribution in [3.63, 3.8) is 0 Å². The Labute approximate surface area is 148 Å². The molecule has 130 valence electrons. The predicted molar refractivity (Wildman–Crippen MR) is 100 cm³/mol. The molecule has 0 saturated carbocycles. The molecule has 0 bridgehead atoms. The summed E-state index contributed by atoms with van der Waals surface area (Å²) in [5.41, 5.74) is 11.1. The third kappa shape index (κ3) is 3.72. The first-order valence-electron chi connectivity index (χ1n) is 8.51. The van der Waals surface area contributed by atoms with Crippen molar-refractivity contribution in [1.82, 2.24) is 10.3 Å². The number of likely N-dealkylation sites (tertiary alicyclic amines) is 1. The fourth-order valence-corrected chi connectivity index (χ4v) is 3.73. The van der Waals surface area contributed by atoms with Crippen molar-refractivity contribution in [1.29, 1.82) is 0 Å². The summed E-state index contributed by atoms with van der Waals surface area (Å²) in [6.45, 7) is 2.15. The fraction of sp³-hybridized carbons (Fsp3) is 0.300. The normalized spacial score (nSPS) is 25.7. The molecule has 1 saturated heterocycles. The van der Waals surface area contributed by atoms with Gasteiger partial charge in [-0.25, -0.2) is 10.2 Å². The molecule has 3 atom stereocenters. The maximum atomic E-state index is 11.1. The lowest BCUT2D eigenvalue weighted by Gasteiger charge is -2.44. The van der Waals surface area contributed by atoms with Crippen LogP contribution in [0.2, 0.25) is 0 Å². The predicted octanol–water partition coefficient (Wildman–Crippen LogP) is 3.46. The van der Waals surface area contributed by atoms with Crippen LogP contribution in [0.4, 0.5) is 4.79 Å². The molecule has 2 aromatic carbocycles. The van der Waals surface area contributed by atoms with E-state index in [-0.39, 0.29) is 18.0 Å². The van der Waals surface area contributed by atoms with Gasteiger partial charge in [0.05, 0.1) is 0 Å². The minimum absolute atomic E-state index is 0.166. The van der Waals surface area contributed by atoms with Crippen LogP contribution in [-0.2, 0) is 0 Å². The van der Waals surface area contributed by atoms with Crippen molar-refractivity contribution in [3.8, 4) is 0 Å². The lowest BCUT2D eigenvalue weighted by atomic mass is 9.80. The number of benzene rings is 2. The number of primary amides is 1. The third-order valence-corrected chi connectivity index (χ3v) is 4.97. The van der Waals surface area contributed by atoms with E-state index in [9.17, 15) is 4.79 Å². The molecule has 1 fully saturated rings. The van der Waals surface area contributed by atoms with E-state index < -0.39 is 6.03 Å². The Bertz CT molecular complexity index is 745. The van der Waals surface area contributed by atoms with E-state index in [0.29, 0.717) is 0 Å². The molecule has 25 heavy (non-hydrogen) atoms. The highest BCUT2D eigenvalue weighted by Crippen LogP contribution is 2.42. The minimum Gasteiger partial charge on any atom is -0.350 e. The highest BCUT2D eigenvalue weighted by atomic mass is 16.2. The third-order valence-electron chi connectivity index (χ3n) is 4.97. The summed E-state index contributed by atoms with van der Waals surface area (Å²) in [5, 5.41) is 4.32. The smallest absolute Gasteiger partial charge is 0.332 e. The van der Waals surface area contributed by atoms with Crippen molar-refractivity contribution < 1.29 is 4.79 Å². The number of hydrazone groups is 1. The molecule has 3 unspecified atom stereocenters. The van der Waals surface area contributed by atoms with Gasteiger partial charge in [0.25, 0.3) is 0 Å². The van der Waals surface area contributed by atoms with E-state index in [1.165, 1.54) is 11.1 Å². The number of nitrogens with two attached hydrogens (primary N) is 1. The molecule has 3 N–H and O–H groups in total. The van der Waals surface area contributed by atoms with Crippen LogP contribution in [-0.4, -0.2) is 23.7 Å². The summed E-state index contributed by atoms with van der Waals surface area (Å²) in [6.07, 6.45) is 0.755. The van der Waals surface area contributed by atoms with Crippen LogP contribution >= 0.6 is 0 Å². The molecule has 1 aliphatic rings. The number of nitrogens with zero attached hydrogens (tertiary/aromatic N) is 2. The first-order valence-corrected chi connectivity index (χ1v) is 8.51. The average Bonchev–Trinajstić information content (AvgIpc) is 2.63. The molecule has 0 radical (unpaired) electrons. The van der Waals surface area contributed by atoms with Gasteiger partial charge in [0.1, 0.15) is 0 Å². The van der Waals surface area contributed by atoms with Crippen LogP contribution in [0, 0.1) is 5.92 Å². The van der Waals surface area contributed by atoms with Gasteiger partial charge in [-0.15, -0.1) is 0 Å². The summed E-state index contributed by atoms with van der Waals surface area (Å²) < 4.78 is 0. The number of amides is 2. The number of hydrogen-bond donors (Lipinski definition) is 2. The molecule has 1 heterocycles. The molecule has 0 spiro atoms. The van der Waals surface area contributed by atoms with E-state index in [0.717, 1.165) is 12.1 Å². The second-order valence-corrected chi connectivity index (χ2v) is 6.52. The van der Waals surface area contributed by atoms with E-state index in [1.54, 1.807) is 0 Å². The van der Waals surface area contributed by atoms with E-state index >= 15 is 0 Å². The summed E-state index contributed by atoms with van der Waals surface area (Å²) >= 11 is 0. The lowest BCUT2D eigenvalue weighted by molar-refractivity contribution is 0.131. The van der Waals surface area contributed by atoms with Crippen molar-refractivity contribution in [2.75, 3.05) is 7.05 Å².